The van der Waals surface area contributed by atoms with Crippen molar-refractivity contribution in [3.63, 3.8) is 0 Å². The summed E-state index contributed by atoms with van der Waals surface area (Å²) in [6.07, 6.45) is 1.84. The Morgan fingerprint density at radius 3 is 2.60 bits per heavy atom. The maximum Gasteiger partial charge on any atom is 0.128 e. The van der Waals surface area contributed by atoms with E-state index in [1.807, 2.05) is 56.4 Å². The Hall–Kier alpha value is -1.94. The third kappa shape index (κ3) is 3.14. The molecule has 1 unspecified atom stereocenters. The third-order valence-corrected chi connectivity index (χ3v) is 3.49. The predicted octanol–water partition coefficient (Wildman–Crippen LogP) is 3.14. The minimum atomic E-state index is -0.182. The normalized spacial score (nSPS) is 12.2. The topological polar surface area (TPSA) is 28.2 Å². The summed E-state index contributed by atoms with van der Waals surface area (Å²) in [7, 11) is 3.83. The Bertz CT molecular complexity index is 554. The fourth-order valence-corrected chi connectivity index (χ4v) is 2.15. The molecule has 0 aliphatic heterocycles. The average Bonchev–Trinajstić information content (AvgIpc) is 2.47. The van der Waals surface area contributed by atoms with E-state index < -0.39 is 0 Å². The van der Waals surface area contributed by atoms with Crippen LogP contribution in [0.5, 0.6) is 0 Å². The molecule has 1 atom stereocenters. The zero-order chi connectivity index (χ0) is 14.5. The zero-order valence-corrected chi connectivity index (χ0v) is 12.1. The Kier molecular flexibility index (Phi) is 4.69. The van der Waals surface area contributed by atoms with Crippen LogP contribution in [-0.4, -0.2) is 19.1 Å². The van der Waals surface area contributed by atoms with Crippen LogP contribution in [0, 0.1) is 5.82 Å². The molecule has 3 nitrogen and oxygen atoms in total. The second-order valence-electron chi connectivity index (χ2n) is 4.86. The third-order valence-electron chi connectivity index (χ3n) is 3.49. The van der Waals surface area contributed by atoms with Crippen LogP contribution in [0.25, 0.3) is 0 Å². The van der Waals surface area contributed by atoms with Crippen LogP contribution in [0.3, 0.4) is 0 Å². The molecule has 106 valence electrons. The minimum Gasteiger partial charge on any atom is -0.353 e. The van der Waals surface area contributed by atoms with E-state index in [2.05, 4.69) is 10.3 Å². The number of hydrogen-bond donors (Lipinski definition) is 1. The number of nitrogens with one attached hydrogen (secondary N) is 1. The molecule has 0 radical (unpaired) electrons. The summed E-state index contributed by atoms with van der Waals surface area (Å²) in [6, 6.07) is 10.8. The fourth-order valence-electron chi connectivity index (χ4n) is 2.15. The molecule has 1 heterocycles. The van der Waals surface area contributed by atoms with Crippen LogP contribution in [0.4, 0.5) is 10.2 Å². The quantitative estimate of drug-likeness (QED) is 0.907. The predicted molar refractivity (Wildman–Crippen MR) is 80.2 cm³/mol. The van der Waals surface area contributed by atoms with Gasteiger partial charge in [0, 0.05) is 25.4 Å². The number of hydrogen-bond acceptors (Lipinski definition) is 3. The van der Waals surface area contributed by atoms with Gasteiger partial charge in [0.15, 0.2) is 0 Å². The van der Waals surface area contributed by atoms with Gasteiger partial charge in [-0.25, -0.2) is 9.37 Å². The van der Waals surface area contributed by atoms with Crippen LogP contribution < -0.4 is 10.2 Å². The molecule has 0 fully saturated rings. The van der Waals surface area contributed by atoms with Crippen LogP contribution in [0.1, 0.15) is 24.1 Å². The molecular formula is C16H20FN3. The van der Waals surface area contributed by atoms with Crippen molar-refractivity contribution in [3.8, 4) is 0 Å². The lowest BCUT2D eigenvalue weighted by molar-refractivity contribution is 0.584. The Labute approximate surface area is 119 Å². The molecule has 0 amide bonds. The highest BCUT2D eigenvalue weighted by molar-refractivity contribution is 5.42. The second-order valence-corrected chi connectivity index (χ2v) is 4.86. The van der Waals surface area contributed by atoms with Gasteiger partial charge in [0.05, 0.1) is 6.04 Å². The highest BCUT2D eigenvalue weighted by atomic mass is 19.1. The number of aromatic nitrogens is 1. The molecule has 1 aromatic carbocycles. The van der Waals surface area contributed by atoms with Crippen molar-refractivity contribution in [2.45, 2.75) is 19.5 Å². The van der Waals surface area contributed by atoms with Crippen molar-refractivity contribution >= 4 is 5.82 Å². The first-order valence-corrected chi connectivity index (χ1v) is 6.70. The first kappa shape index (κ1) is 14.5. The van der Waals surface area contributed by atoms with Crippen LogP contribution in [-0.2, 0) is 6.54 Å². The summed E-state index contributed by atoms with van der Waals surface area (Å²) in [4.78, 5) is 6.41. The van der Waals surface area contributed by atoms with Crippen molar-refractivity contribution in [1.82, 2.24) is 10.3 Å². The molecule has 0 bridgehead atoms. The summed E-state index contributed by atoms with van der Waals surface area (Å²) in [5.41, 5.74) is 1.80. The molecule has 2 rings (SSSR count). The molecule has 0 saturated heterocycles. The van der Waals surface area contributed by atoms with Crippen molar-refractivity contribution < 1.29 is 4.39 Å². The summed E-state index contributed by atoms with van der Waals surface area (Å²) in [6.45, 7) is 2.77. The molecule has 1 aromatic heterocycles. The largest absolute Gasteiger partial charge is 0.353 e. The molecule has 1 N–H and O–H groups in total. The smallest absolute Gasteiger partial charge is 0.128 e. The van der Waals surface area contributed by atoms with Gasteiger partial charge in [-0.1, -0.05) is 24.3 Å². The van der Waals surface area contributed by atoms with Crippen molar-refractivity contribution in [3.05, 3.63) is 59.5 Å². The number of halogens is 1. The van der Waals surface area contributed by atoms with Crippen LogP contribution in [0.15, 0.2) is 42.6 Å². The first-order chi connectivity index (χ1) is 9.63. The van der Waals surface area contributed by atoms with Gasteiger partial charge in [-0.3, -0.25) is 0 Å². The number of nitrogens with zero attached hydrogens (tertiary/aromatic N) is 2. The Morgan fingerprint density at radius 2 is 2.00 bits per heavy atom. The van der Waals surface area contributed by atoms with Gasteiger partial charge in [-0.15, -0.1) is 0 Å². The van der Waals surface area contributed by atoms with Crippen molar-refractivity contribution in [2.24, 2.45) is 0 Å². The second kappa shape index (κ2) is 6.48. The summed E-state index contributed by atoms with van der Waals surface area (Å²) >= 11 is 0. The van der Waals surface area contributed by atoms with Gasteiger partial charge >= 0.3 is 0 Å². The van der Waals surface area contributed by atoms with Crippen molar-refractivity contribution in [2.75, 3.05) is 19.0 Å². The van der Waals surface area contributed by atoms with E-state index in [-0.39, 0.29) is 11.9 Å². The number of rotatable bonds is 5. The lowest BCUT2D eigenvalue weighted by atomic mass is 10.1. The molecule has 0 aliphatic rings. The maximum absolute atomic E-state index is 13.8. The summed E-state index contributed by atoms with van der Waals surface area (Å²) < 4.78 is 13.8. The van der Waals surface area contributed by atoms with Gasteiger partial charge < -0.3 is 10.2 Å². The number of anilines is 1. The minimum absolute atomic E-state index is 0.0705. The van der Waals surface area contributed by atoms with Gasteiger partial charge in [-0.05, 0) is 31.7 Å². The summed E-state index contributed by atoms with van der Waals surface area (Å²) in [5.74, 6) is 0.652. The van der Waals surface area contributed by atoms with Crippen LogP contribution >= 0.6 is 0 Å². The molecule has 20 heavy (non-hydrogen) atoms. The average molecular weight is 273 g/mol. The van der Waals surface area contributed by atoms with Crippen molar-refractivity contribution in [1.29, 1.82) is 0 Å². The fraction of sp³-hybridized carbons (Fsp3) is 0.312. The molecule has 0 saturated carbocycles. The first-order valence-electron chi connectivity index (χ1n) is 6.70. The van der Waals surface area contributed by atoms with Gasteiger partial charge in [0.1, 0.15) is 11.6 Å². The standard InChI is InChI=1S/C16H20FN3/c1-12(14-6-4-5-7-15(14)17)20(3)16-9-8-13(10-18-2)11-19-16/h4-9,11-12,18H,10H2,1-3H3. The van der Waals surface area contributed by atoms with Gasteiger partial charge in [-0.2, -0.15) is 0 Å². The van der Waals surface area contributed by atoms with Gasteiger partial charge in [0.25, 0.3) is 0 Å². The molecule has 4 heteroatoms. The molecular weight excluding hydrogens is 253 g/mol. The lowest BCUT2D eigenvalue weighted by Crippen LogP contribution is -2.23. The van der Waals surface area contributed by atoms with E-state index in [0.29, 0.717) is 5.56 Å². The summed E-state index contributed by atoms with van der Waals surface area (Å²) in [5, 5.41) is 3.09. The van der Waals surface area contributed by atoms with E-state index in [0.717, 1.165) is 17.9 Å². The Morgan fingerprint density at radius 1 is 1.25 bits per heavy atom. The Balaban J connectivity index is 2.18. The van der Waals surface area contributed by atoms with Crippen LogP contribution in [0.2, 0.25) is 0 Å². The van der Waals surface area contributed by atoms with E-state index >= 15 is 0 Å². The molecule has 0 aliphatic carbocycles. The highest BCUT2D eigenvalue weighted by Crippen LogP contribution is 2.25. The van der Waals surface area contributed by atoms with E-state index in [9.17, 15) is 4.39 Å². The zero-order valence-electron chi connectivity index (χ0n) is 12.1. The molecule has 2 aromatic rings. The SMILES string of the molecule is CNCc1ccc(N(C)C(C)c2ccccc2F)nc1. The highest BCUT2D eigenvalue weighted by Gasteiger charge is 2.16. The monoisotopic (exact) mass is 273 g/mol. The number of pyridine rings is 1. The number of benzene rings is 1. The van der Waals surface area contributed by atoms with Gasteiger partial charge in [0.2, 0.25) is 0 Å². The maximum atomic E-state index is 13.8. The van der Waals surface area contributed by atoms with E-state index in [1.165, 1.54) is 6.07 Å². The lowest BCUT2D eigenvalue weighted by Gasteiger charge is -2.26. The van der Waals surface area contributed by atoms with E-state index in [4.69, 9.17) is 0 Å². The molecule has 0 spiro atoms. The van der Waals surface area contributed by atoms with E-state index in [1.54, 1.807) is 6.07 Å².